The Kier molecular flexibility index (Phi) is 10.6. The molecule has 0 radical (unpaired) electrons. The number of hydrogen-bond acceptors (Lipinski definition) is 5. The summed E-state index contributed by atoms with van der Waals surface area (Å²) in [4.78, 5) is 6.38. The SMILES string of the molecule is CN(C)CCOCC(CN(C)C)OCCN(C)C. The van der Waals surface area contributed by atoms with E-state index in [1.54, 1.807) is 0 Å². The molecule has 0 aromatic rings. The lowest BCUT2D eigenvalue weighted by Crippen LogP contribution is -2.35. The van der Waals surface area contributed by atoms with Gasteiger partial charge >= 0.3 is 0 Å². The van der Waals surface area contributed by atoms with Crippen LogP contribution in [0.3, 0.4) is 0 Å². The largest absolute Gasteiger partial charge is 0.377 e. The predicted octanol–water partition coefficient (Wildman–Crippen LogP) is 0.0730. The van der Waals surface area contributed by atoms with E-state index >= 15 is 0 Å². The maximum absolute atomic E-state index is 5.85. The third-order valence-corrected chi connectivity index (χ3v) is 2.45. The minimum atomic E-state index is 0.155. The van der Waals surface area contributed by atoms with Crippen LogP contribution in [0.5, 0.6) is 0 Å². The molecule has 1 unspecified atom stereocenters. The van der Waals surface area contributed by atoms with Crippen LogP contribution in [0.1, 0.15) is 0 Å². The van der Waals surface area contributed by atoms with Gasteiger partial charge in [-0.1, -0.05) is 0 Å². The van der Waals surface area contributed by atoms with Crippen molar-refractivity contribution in [3.63, 3.8) is 0 Å². The fraction of sp³-hybridized carbons (Fsp3) is 1.00. The summed E-state index contributed by atoms with van der Waals surface area (Å²) in [6.07, 6.45) is 0.155. The highest BCUT2D eigenvalue weighted by Gasteiger charge is 2.11. The standard InChI is InChI=1S/C13H31N3O2/c1-14(2)7-9-17-12-13(11-16(5)6)18-10-8-15(3)4/h13H,7-12H2,1-6H3. The van der Waals surface area contributed by atoms with Crippen molar-refractivity contribution in [1.82, 2.24) is 14.7 Å². The van der Waals surface area contributed by atoms with Crippen molar-refractivity contribution in [2.75, 3.05) is 81.7 Å². The summed E-state index contributed by atoms with van der Waals surface area (Å²) in [7, 11) is 12.3. The zero-order valence-electron chi connectivity index (χ0n) is 13.0. The Bertz CT molecular complexity index is 187. The molecule has 0 aromatic carbocycles. The van der Waals surface area contributed by atoms with Crippen LogP contribution in [0.25, 0.3) is 0 Å². The summed E-state index contributed by atoms with van der Waals surface area (Å²) < 4.78 is 11.5. The normalized spacial score (nSPS) is 13.8. The summed E-state index contributed by atoms with van der Waals surface area (Å²) in [5.41, 5.74) is 0. The van der Waals surface area contributed by atoms with Gasteiger partial charge in [0.15, 0.2) is 0 Å². The molecule has 0 fully saturated rings. The molecular weight excluding hydrogens is 230 g/mol. The summed E-state index contributed by atoms with van der Waals surface area (Å²) in [5, 5.41) is 0. The molecule has 5 heteroatoms. The van der Waals surface area contributed by atoms with Crippen molar-refractivity contribution in [1.29, 1.82) is 0 Å². The monoisotopic (exact) mass is 261 g/mol. The van der Waals surface area contributed by atoms with Gasteiger partial charge in [0, 0.05) is 19.6 Å². The van der Waals surface area contributed by atoms with E-state index in [0.717, 1.165) is 32.8 Å². The molecule has 0 aliphatic rings. The van der Waals surface area contributed by atoms with Gasteiger partial charge < -0.3 is 24.2 Å². The topological polar surface area (TPSA) is 28.2 Å². The van der Waals surface area contributed by atoms with Crippen molar-refractivity contribution in [2.24, 2.45) is 0 Å². The molecule has 0 aliphatic carbocycles. The van der Waals surface area contributed by atoms with Crippen LogP contribution in [-0.2, 0) is 9.47 Å². The predicted molar refractivity (Wildman–Crippen MR) is 76.2 cm³/mol. The van der Waals surface area contributed by atoms with Crippen LogP contribution in [-0.4, -0.2) is 103 Å². The third-order valence-electron chi connectivity index (χ3n) is 2.45. The fourth-order valence-corrected chi connectivity index (χ4v) is 1.42. The van der Waals surface area contributed by atoms with Crippen LogP contribution in [0.2, 0.25) is 0 Å². The van der Waals surface area contributed by atoms with Crippen molar-refractivity contribution < 1.29 is 9.47 Å². The Morgan fingerprint density at radius 3 is 1.83 bits per heavy atom. The second kappa shape index (κ2) is 10.7. The first kappa shape index (κ1) is 17.8. The van der Waals surface area contributed by atoms with Crippen molar-refractivity contribution in [3.8, 4) is 0 Å². The van der Waals surface area contributed by atoms with Crippen molar-refractivity contribution >= 4 is 0 Å². The number of likely N-dealkylation sites (N-methyl/N-ethyl adjacent to an activating group) is 3. The molecule has 18 heavy (non-hydrogen) atoms. The maximum atomic E-state index is 5.85. The zero-order chi connectivity index (χ0) is 14.0. The van der Waals surface area contributed by atoms with Gasteiger partial charge in [-0.2, -0.15) is 0 Å². The molecule has 0 bridgehead atoms. The molecule has 0 saturated carbocycles. The highest BCUT2D eigenvalue weighted by atomic mass is 16.5. The summed E-state index contributed by atoms with van der Waals surface area (Å²) in [6, 6.07) is 0. The van der Waals surface area contributed by atoms with E-state index in [4.69, 9.17) is 9.47 Å². The number of hydrogen-bond donors (Lipinski definition) is 0. The van der Waals surface area contributed by atoms with Gasteiger partial charge in [-0.15, -0.1) is 0 Å². The molecule has 1 atom stereocenters. The van der Waals surface area contributed by atoms with Crippen LogP contribution < -0.4 is 0 Å². The first-order valence-corrected chi connectivity index (χ1v) is 6.55. The van der Waals surface area contributed by atoms with E-state index < -0.39 is 0 Å². The first-order valence-electron chi connectivity index (χ1n) is 6.55. The van der Waals surface area contributed by atoms with Gasteiger partial charge in [0.05, 0.1) is 25.9 Å². The smallest absolute Gasteiger partial charge is 0.0935 e. The van der Waals surface area contributed by atoms with E-state index in [1.807, 2.05) is 14.1 Å². The number of rotatable bonds is 11. The number of ether oxygens (including phenoxy) is 2. The Balaban J connectivity index is 3.77. The lowest BCUT2D eigenvalue weighted by molar-refractivity contribution is -0.0321. The Morgan fingerprint density at radius 1 is 0.778 bits per heavy atom. The fourth-order valence-electron chi connectivity index (χ4n) is 1.42. The lowest BCUT2D eigenvalue weighted by atomic mass is 10.3. The van der Waals surface area contributed by atoms with E-state index in [9.17, 15) is 0 Å². The van der Waals surface area contributed by atoms with E-state index in [-0.39, 0.29) is 6.10 Å². The molecule has 0 saturated heterocycles. The summed E-state index contributed by atoms with van der Waals surface area (Å²) in [6.45, 7) is 4.97. The molecule has 0 spiro atoms. The Labute approximate surface area is 113 Å². The molecule has 0 amide bonds. The molecule has 5 nitrogen and oxygen atoms in total. The van der Waals surface area contributed by atoms with Gasteiger partial charge in [0.25, 0.3) is 0 Å². The molecule has 0 N–H and O–H groups in total. The zero-order valence-corrected chi connectivity index (χ0v) is 13.0. The molecule has 0 rings (SSSR count). The van der Waals surface area contributed by atoms with Gasteiger partial charge in [0.1, 0.15) is 0 Å². The highest BCUT2D eigenvalue weighted by molar-refractivity contribution is 4.61. The van der Waals surface area contributed by atoms with E-state index in [2.05, 4.69) is 42.9 Å². The van der Waals surface area contributed by atoms with Crippen LogP contribution >= 0.6 is 0 Å². The second-order valence-electron chi connectivity index (χ2n) is 5.44. The van der Waals surface area contributed by atoms with E-state index in [0.29, 0.717) is 6.61 Å². The maximum Gasteiger partial charge on any atom is 0.0935 e. The molecular formula is C13H31N3O2. The third kappa shape index (κ3) is 12.3. The minimum absolute atomic E-state index is 0.155. The molecule has 0 aliphatic heterocycles. The van der Waals surface area contributed by atoms with Gasteiger partial charge in [0.2, 0.25) is 0 Å². The van der Waals surface area contributed by atoms with Gasteiger partial charge in [-0.25, -0.2) is 0 Å². The average Bonchev–Trinajstić information content (AvgIpc) is 2.22. The minimum Gasteiger partial charge on any atom is -0.377 e. The van der Waals surface area contributed by atoms with Gasteiger partial charge in [-0.3, -0.25) is 0 Å². The van der Waals surface area contributed by atoms with Gasteiger partial charge in [-0.05, 0) is 42.3 Å². The summed E-state index contributed by atoms with van der Waals surface area (Å²) >= 11 is 0. The molecule has 0 heterocycles. The Hall–Kier alpha value is -0.200. The quantitative estimate of drug-likeness (QED) is 0.491. The first-order chi connectivity index (χ1) is 8.41. The lowest BCUT2D eigenvalue weighted by Gasteiger charge is -2.23. The Morgan fingerprint density at radius 2 is 1.33 bits per heavy atom. The van der Waals surface area contributed by atoms with Crippen LogP contribution in [0.4, 0.5) is 0 Å². The average molecular weight is 261 g/mol. The van der Waals surface area contributed by atoms with E-state index in [1.165, 1.54) is 0 Å². The van der Waals surface area contributed by atoms with Crippen molar-refractivity contribution in [2.45, 2.75) is 6.10 Å². The molecule has 0 aromatic heterocycles. The summed E-state index contributed by atoms with van der Waals surface area (Å²) in [5.74, 6) is 0. The highest BCUT2D eigenvalue weighted by Crippen LogP contribution is 1.97. The molecule has 110 valence electrons. The van der Waals surface area contributed by atoms with Crippen molar-refractivity contribution in [3.05, 3.63) is 0 Å². The van der Waals surface area contributed by atoms with Crippen LogP contribution in [0, 0.1) is 0 Å². The second-order valence-corrected chi connectivity index (χ2v) is 5.44. The number of nitrogens with zero attached hydrogens (tertiary/aromatic N) is 3. The van der Waals surface area contributed by atoms with Crippen LogP contribution in [0.15, 0.2) is 0 Å².